The Bertz CT molecular complexity index is 1360. The van der Waals surface area contributed by atoms with Crippen LogP contribution in [0.3, 0.4) is 0 Å². The molecule has 1 atom stereocenters. The number of ether oxygens (including phenoxy) is 1. The molecule has 0 aliphatic heterocycles. The van der Waals surface area contributed by atoms with E-state index in [0.29, 0.717) is 35.2 Å². The van der Waals surface area contributed by atoms with Gasteiger partial charge in [-0.25, -0.2) is 14.6 Å². The molecule has 3 heterocycles. The fourth-order valence-electron chi connectivity index (χ4n) is 3.60. The molecular formula is C25H29N7O3. The second kappa shape index (κ2) is 10.1. The van der Waals surface area contributed by atoms with Crippen LogP contribution in [0, 0.1) is 11.8 Å². The van der Waals surface area contributed by atoms with Gasteiger partial charge in [-0.3, -0.25) is 0 Å². The van der Waals surface area contributed by atoms with Crippen LogP contribution in [0.4, 0.5) is 5.82 Å². The number of hydrogen-bond donors (Lipinski definition) is 3. The zero-order valence-electron chi connectivity index (χ0n) is 20.0. The molecule has 0 radical (unpaired) electrons. The number of hydrogen-bond acceptors (Lipinski definition) is 9. The van der Waals surface area contributed by atoms with E-state index in [1.165, 1.54) is 5.56 Å². The number of fused-ring (bicyclic) bond motifs is 1. The number of pyridine rings is 1. The number of imidazole rings is 1. The van der Waals surface area contributed by atoms with Crippen LogP contribution in [0.1, 0.15) is 38.4 Å². The summed E-state index contributed by atoms with van der Waals surface area (Å²) in [7, 11) is 0. The molecule has 10 heteroatoms. The molecule has 10 nitrogen and oxygen atoms in total. The molecule has 4 rings (SSSR count). The van der Waals surface area contributed by atoms with Crippen molar-refractivity contribution in [2.75, 3.05) is 12.3 Å². The van der Waals surface area contributed by atoms with Gasteiger partial charge in [0, 0.05) is 18.7 Å². The fourth-order valence-corrected chi connectivity index (χ4v) is 3.60. The lowest BCUT2D eigenvalue weighted by Crippen LogP contribution is -2.28. The quantitative estimate of drug-likeness (QED) is 0.326. The van der Waals surface area contributed by atoms with E-state index in [-0.39, 0.29) is 18.5 Å². The highest BCUT2D eigenvalue weighted by molar-refractivity contribution is 5.86. The fraction of sp³-hybridized carbons (Fsp3) is 0.360. The normalized spacial score (nSPS) is 12.4. The van der Waals surface area contributed by atoms with Crippen LogP contribution >= 0.6 is 0 Å². The Hall–Kier alpha value is -3.94. The molecule has 0 unspecified atom stereocenters. The third kappa shape index (κ3) is 5.77. The van der Waals surface area contributed by atoms with Gasteiger partial charge in [0.25, 0.3) is 0 Å². The second-order valence-electron chi connectivity index (χ2n) is 8.76. The van der Waals surface area contributed by atoms with E-state index in [4.69, 9.17) is 20.8 Å². The predicted octanol–water partition coefficient (Wildman–Crippen LogP) is 2.54. The third-order valence-corrected chi connectivity index (χ3v) is 5.33. The van der Waals surface area contributed by atoms with Crippen LogP contribution in [0.15, 0.2) is 41.0 Å². The molecule has 0 bridgehead atoms. The monoisotopic (exact) mass is 475 g/mol. The molecule has 0 aliphatic carbocycles. The van der Waals surface area contributed by atoms with Crippen molar-refractivity contribution in [1.82, 2.24) is 24.8 Å². The van der Waals surface area contributed by atoms with Gasteiger partial charge in [0.05, 0.1) is 5.52 Å². The minimum absolute atomic E-state index is 0.132. The molecular weight excluding hydrogens is 446 g/mol. The zero-order valence-corrected chi connectivity index (χ0v) is 20.0. The summed E-state index contributed by atoms with van der Waals surface area (Å²) in [4.78, 5) is 9.24. The molecule has 0 aliphatic rings. The number of aryl methyl sites for hydroxylation is 2. The highest BCUT2D eigenvalue weighted by atomic mass is 16.6. The summed E-state index contributed by atoms with van der Waals surface area (Å²) < 4.78 is 12.7. The van der Waals surface area contributed by atoms with Crippen LogP contribution < -0.4 is 16.2 Å². The number of benzene rings is 1. The molecule has 35 heavy (non-hydrogen) atoms. The molecule has 1 aromatic carbocycles. The number of nitrogens with two attached hydrogens (primary N) is 2. The lowest BCUT2D eigenvalue weighted by Gasteiger charge is -2.13. The number of nitrogens with zero attached hydrogens (tertiary/aromatic N) is 5. The number of aromatic nitrogens is 5. The van der Waals surface area contributed by atoms with Crippen molar-refractivity contribution in [3.63, 3.8) is 0 Å². The summed E-state index contributed by atoms with van der Waals surface area (Å²) in [5, 5.41) is 17.7. The van der Waals surface area contributed by atoms with E-state index in [1.54, 1.807) is 19.9 Å². The molecule has 3 aromatic heterocycles. The predicted molar refractivity (Wildman–Crippen MR) is 132 cm³/mol. The van der Waals surface area contributed by atoms with Crippen molar-refractivity contribution in [3.8, 4) is 29.2 Å². The maximum Gasteiger partial charge on any atom is 0.216 e. The van der Waals surface area contributed by atoms with Gasteiger partial charge in [-0.15, -0.1) is 0 Å². The minimum Gasteiger partial charge on any atom is -0.476 e. The highest BCUT2D eigenvalue weighted by Crippen LogP contribution is 2.30. The maximum absolute atomic E-state index is 10.1. The molecule has 0 fully saturated rings. The Morgan fingerprint density at radius 1 is 1.20 bits per heavy atom. The first kappa shape index (κ1) is 24.2. The van der Waals surface area contributed by atoms with Gasteiger partial charge in [0.1, 0.15) is 23.4 Å². The molecule has 4 aromatic rings. The third-order valence-electron chi connectivity index (χ3n) is 5.33. The van der Waals surface area contributed by atoms with E-state index in [0.717, 1.165) is 18.4 Å². The maximum atomic E-state index is 10.1. The van der Waals surface area contributed by atoms with E-state index in [9.17, 15) is 5.11 Å². The molecule has 182 valence electrons. The average molecular weight is 476 g/mol. The number of aliphatic hydroxyl groups is 1. The topological polar surface area (TPSA) is 151 Å². The van der Waals surface area contributed by atoms with Gasteiger partial charge in [-0.2, -0.15) is 0 Å². The van der Waals surface area contributed by atoms with Gasteiger partial charge in [-0.1, -0.05) is 36.3 Å². The van der Waals surface area contributed by atoms with Crippen molar-refractivity contribution in [2.24, 2.45) is 5.73 Å². The van der Waals surface area contributed by atoms with Gasteiger partial charge in [-0.05, 0) is 55.4 Å². The highest BCUT2D eigenvalue weighted by Gasteiger charge is 2.22. The first-order valence-electron chi connectivity index (χ1n) is 11.4. The van der Waals surface area contributed by atoms with Crippen molar-refractivity contribution in [1.29, 1.82) is 0 Å². The van der Waals surface area contributed by atoms with Crippen molar-refractivity contribution < 1.29 is 14.5 Å². The average Bonchev–Trinajstić information content (AvgIpc) is 3.42. The SMILES string of the molecule is CCn1c(-c2nonc2N)nc2c(C#CC(C)(C)O)nc(OC[C@H](N)CCc3ccccc3)cc21. The molecule has 0 saturated carbocycles. The van der Waals surface area contributed by atoms with Crippen LogP contribution in [-0.4, -0.2) is 48.2 Å². The lowest BCUT2D eigenvalue weighted by atomic mass is 10.1. The van der Waals surface area contributed by atoms with Crippen LogP contribution in [0.25, 0.3) is 22.6 Å². The van der Waals surface area contributed by atoms with Gasteiger partial charge in [0.15, 0.2) is 17.3 Å². The Labute approximate surface area is 203 Å². The van der Waals surface area contributed by atoms with Gasteiger partial charge >= 0.3 is 0 Å². The molecule has 0 spiro atoms. The second-order valence-corrected chi connectivity index (χ2v) is 8.76. The summed E-state index contributed by atoms with van der Waals surface area (Å²) in [6.45, 7) is 6.02. The van der Waals surface area contributed by atoms with Crippen LogP contribution in [0.5, 0.6) is 5.88 Å². The summed E-state index contributed by atoms with van der Waals surface area (Å²) in [6.07, 6.45) is 1.63. The van der Waals surface area contributed by atoms with Crippen LogP contribution in [-0.2, 0) is 13.0 Å². The number of nitrogen functional groups attached to an aromatic ring is 1. The summed E-state index contributed by atoms with van der Waals surface area (Å²) >= 11 is 0. The Morgan fingerprint density at radius 2 is 1.97 bits per heavy atom. The van der Waals surface area contributed by atoms with E-state index >= 15 is 0 Å². The Morgan fingerprint density at radius 3 is 2.63 bits per heavy atom. The molecule has 5 N–H and O–H groups in total. The minimum atomic E-state index is -1.21. The van der Waals surface area contributed by atoms with E-state index < -0.39 is 5.60 Å². The standard InChI is InChI=1S/C25H29N7O3/c1-4-32-19-14-20(34-15-17(26)11-10-16-8-6-5-7-9-16)28-18(12-13-25(2,3)33)21(19)29-24(32)22-23(27)31-35-30-22/h5-9,14,17,33H,4,10-11,15,26H2,1-3H3,(H2,27,31)/t17-/m1/s1. The van der Waals surface area contributed by atoms with Gasteiger partial charge in [0.2, 0.25) is 5.88 Å². The smallest absolute Gasteiger partial charge is 0.216 e. The Balaban J connectivity index is 1.65. The lowest BCUT2D eigenvalue weighted by molar-refractivity contribution is 0.143. The first-order valence-corrected chi connectivity index (χ1v) is 11.4. The summed E-state index contributed by atoms with van der Waals surface area (Å²) in [5.41, 5.74) is 14.2. The molecule has 0 amide bonds. The molecule has 0 saturated heterocycles. The summed E-state index contributed by atoms with van der Waals surface area (Å²) in [6, 6.07) is 11.8. The van der Waals surface area contributed by atoms with Crippen molar-refractivity contribution >= 4 is 16.9 Å². The van der Waals surface area contributed by atoms with Crippen molar-refractivity contribution in [3.05, 3.63) is 47.7 Å². The van der Waals surface area contributed by atoms with Crippen LogP contribution in [0.2, 0.25) is 0 Å². The number of rotatable bonds is 8. The van der Waals surface area contributed by atoms with E-state index in [1.807, 2.05) is 29.7 Å². The first-order chi connectivity index (χ1) is 16.7. The van der Waals surface area contributed by atoms with Crippen molar-refractivity contribution in [2.45, 2.75) is 51.8 Å². The summed E-state index contributed by atoms with van der Waals surface area (Å²) in [5.74, 6) is 6.71. The number of anilines is 1. The largest absolute Gasteiger partial charge is 0.476 e. The van der Waals surface area contributed by atoms with E-state index in [2.05, 4.69) is 44.3 Å². The Kier molecular flexibility index (Phi) is 7.00. The zero-order chi connectivity index (χ0) is 25.0. The van der Waals surface area contributed by atoms with Gasteiger partial charge < -0.3 is 25.9 Å².